The van der Waals surface area contributed by atoms with Crippen LogP contribution in [-0.4, -0.2) is 19.6 Å². The molecule has 2 N–H and O–H groups in total. The average molecular weight is 367 g/mol. The lowest BCUT2D eigenvalue weighted by Crippen LogP contribution is -2.22. The van der Waals surface area contributed by atoms with E-state index in [0.29, 0.717) is 10.6 Å². The molecule has 1 aliphatic carbocycles. The first-order valence-corrected chi connectivity index (χ1v) is 9.65. The molecule has 0 radical (unpaired) electrons. The van der Waals surface area contributed by atoms with Gasteiger partial charge in [-0.2, -0.15) is 5.26 Å². The number of anilines is 1. The second kappa shape index (κ2) is 6.75. The fraction of sp³-hybridized carbons (Fsp3) is 0.400. The number of nitrogens with zero attached hydrogens (tertiary/aromatic N) is 1. The molecule has 1 amide bonds. The number of nitriles is 1. The maximum atomic E-state index is 12.7. The summed E-state index contributed by atoms with van der Waals surface area (Å²) in [6.45, 7) is 3.70. The Hall–Kier alpha value is -2.36. The van der Waals surface area contributed by atoms with Gasteiger partial charge in [0, 0.05) is 17.3 Å². The SMILES string of the molecule is COc1cccc(C2CC2C(=O)Nc2sc3c(c2C#N)CCNC3)c1C. The first-order chi connectivity index (χ1) is 12.6. The van der Waals surface area contributed by atoms with Crippen LogP contribution in [0.2, 0.25) is 0 Å². The van der Waals surface area contributed by atoms with Gasteiger partial charge in [-0.1, -0.05) is 12.1 Å². The highest BCUT2D eigenvalue weighted by Crippen LogP contribution is 2.50. The molecule has 1 saturated carbocycles. The molecule has 2 aromatic rings. The minimum Gasteiger partial charge on any atom is -0.496 e. The molecule has 5 nitrogen and oxygen atoms in total. The number of rotatable bonds is 4. The fourth-order valence-electron chi connectivity index (χ4n) is 3.83. The van der Waals surface area contributed by atoms with Crippen molar-refractivity contribution in [3.8, 4) is 11.8 Å². The third-order valence-corrected chi connectivity index (χ3v) is 6.50. The molecule has 2 heterocycles. The molecule has 1 aromatic carbocycles. The second-order valence-corrected chi connectivity index (χ2v) is 7.96. The highest BCUT2D eigenvalue weighted by atomic mass is 32.1. The number of thiophene rings is 1. The van der Waals surface area contributed by atoms with Gasteiger partial charge in [-0.15, -0.1) is 11.3 Å². The van der Waals surface area contributed by atoms with Crippen LogP contribution in [0.3, 0.4) is 0 Å². The van der Waals surface area contributed by atoms with E-state index < -0.39 is 0 Å². The number of methoxy groups -OCH3 is 1. The monoisotopic (exact) mass is 367 g/mol. The van der Waals surface area contributed by atoms with E-state index in [9.17, 15) is 10.1 Å². The van der Waals surface area contributed by atoms with Gasteiger partial charge >= 0.3 is 0 Å². The van der Waals surface area contributed by atoms with E-state index >= 15 is 0 Å². The third kappa shape index (κ3) is 2.87. The number of fused-ring (bicyclic) bond motifs is 1. The van der Waals surface area contributed by atoms with Crippen LogP contribution in [-0.2, 0) is 17.8 Å². The zero-order chi connectivity index (χ0) is 18.3. The highest BCUT2D eigenvalue weighted by Gasteiger charge is 2.45. The molecule has 6 heteroatoms. The average Bonchev–Trinajstić information content (AvgIpc) is 3.37. The van der Waals surface area contributed by atoms with E-state index in [4.69, 9.17) is 4.74 Å². The maximum Gasteiger partial charge on any atom is 0.228 e. The third-order valence-electron chi connectivity index (χ3n) is 5.35. The number of carbonyl (C=O) groups is 1. The van der Waals surface area contributed by atoms with Crippen LogP contribution in [0, 0.1) is 24.2 Å². The predicted octanol–water partition coefficient (Wildman–Crippen LogP) is 3.32. The van der Waals surface area contributed by atoms with Gasteiger partial charge < -0.3 is 15.4 Å². The van der Waals surface area contributed by atoms with Gasteiger partial charge in [-0.25, -0.2) is 0 Å². The van der Waals surface area contributed by atoms with Crippen LogP contribution in [0.5, 0.6) is 5.75 Å². The number of hydrogen-bond donors (Lipinski definition) is 2. The minimum absolute atomic E-state index is 0.0141. The highest BCUT2D eigenvalue weighted by molar-refractivity contribution is 7.16. The Kier molecular flexibility index (Phi) is 4.43. The van der Waals surface area contributed by atoms with Crippen molar-refractivity contribution >= 4 is 22.2 Å². The Morgan fingerprint density at radius 2 is 2.31 bits per heavy atom. The number of benzene rings is 1. The van der Waals surface area contributed by atoms with Gasteiger partial charge in [-0.3, -0.25) is 4.79 Å². The Balaban J connectivity index is 1.51. The Labute approximate surface area is 157 Å². The summed E-state index contributed by atoms with van der Waals surface area (Å²) >= 11 is 1.53. The van der Waals surface area contributed by atoms with Gasteiger partial charge in [-0.05, 0) is 55.0 Å². The zero-order valence-electron chi connectivity index (χ0n) is 14.9. The van der Waals surface area contributed by atoms with Crippen molar-refractivity contribution < 1.29 is 9.53 Å². The Bertz CT molecular complexity index is 913. The van der Waals surface area contributed by atoms with Crippen LogP contribution in [0.4, 0.5) is 5.00 Å². The van der Waals surface area contributed by atoms with Crippen molar-refractivity contribution in [1.82, 2.24) is 5.32 Å². The normalized spacial score (nSPS) is 20.8. The quantitative estimate of drug-likeness (QED) is 0.869. The van der Waals surface area contributed by atoms with E-state index in [1.54, 1.807) is 7.11 Å². The van der Waals surface area contributed by atoms with Gasteiger partial charge in [0.2, 0.25) is 5.91 Å². The van der Waals surface area contributed by atoms with Crippen LogP contribution < -0.4 is 15.4 Å². The maximum absolute atomic E-state index is 12.7. The molecule has 1 fully saturated rings. The van der Waals surface area contributed by atoms with Crippen molar-refractivity contribution in [3.63, 3.8) is 0 Å². The summed E-state index contributed by atoms with van der Waals surface area (Å²) in [5.41, 5.74) is 4.03. The van der Waals surface area contributed by atoms with Crippen molar-refractivity contribution in [2.45, 2.75) is 32.2 Å². The molecule has 1 aromatic heterocycles. The summed E-state index contributed by atoms with van der Waals surface area (Å²) in [5, 5.41) is 16.6. The summed E-state index contributed by atoms with van der Waals surface area (Å²) in [5.74, 6) is 1.07. The number of nitrogens with one attached hydrogen (secondary N) is 2. The zero-order valence-corrected chi connectivity index (χ0v) is 15.7. The molecular weight excluding hydrogens is 346 g/mol. The Morgan fingerprint density at radius 1 is 1.46 bits per heavy atom. The lowest BCUT2D eigenvalue weighted by Gasteiger charge is -2.11. The summed E-state index contributed by atoms with van der Waals surface area (Å²) in [7, 11) is 1.67. The molecule has 2 atom stereocenters. The number of ether oxygens (including phenoxy) is 1. The smallest absolute Gasteiger partial charge is 0.228 e. The first-order valence-electron chi connectivity index (χ1n) is 8.83. The first kappa shape index (κ1) is 17.1. The number of carbonyl (C=O) groups excluding carboxylic acids is 1. The van der Waals surface area contributed by atoms with Gasteiger partial charge in [0.1, 0.15) is 16.8 Å². The van der Waals surface area contributed by atoms with Crippen LogP contribution in [0.25, 0.3) is 0 Å². The largest absolute Gasteiger partial charge is 0.496 e. The van der Waals surface area contributed by atoms with E-state index in [0.717, 1.165) is 42.8 Å². The molecule has 0 spiro atoms. The van der Waals surface area contributed by atoms with E-state index in [2.05, 4.69) is 22.8 Å². The minimum atomic E-state index is -0.0374. The molecule has 1 aliphatic heterocycles. The standard InChI is InChI=1S/C20H21N3O2S/c1-11-12(4-3-5-17(11)25-2)14-8-15(14)19(24)23-20-16(9-21)13-6-7-22-10-18(13)26-20/h3-5,14-15,22H,6-8,10H2,1-2H3,(H,23,24). The molecule has 0 saturated heterocycles. The molecule has 134 valence electrons. The van der Waals surface area contributed by atoms with Crippen molar-refractivity contribution in [2.75, 3.05) is 19.0 Å². The summed E-state index contributed by atoms with van der Waals surface area (Å²) in [6, 6.07) is 8.28. The van der Waals surface area contributed by atoms with Gasteiger partial charge in [0.05, 0.1) is 12.7 Å². The number of hydrogen-bond acceptors (Lipinski definition) is 5. The number of amides is 1. The van der Waals surface area contributed by atoms with Crippen LogP contribution in [0.1, 0.15) is 39.5 Å². The molecule has 2 aliphatic rings. The Morgan fingerprint density at radius 3 is 3.08 bits per heavy atom. The van der Waals surface area contributed by atoms with Gasteiger partial charge in [0.15, 0.2) is 0 Å². The summed E-state index contributed by atoms with van der Waals surface area (Å²) < 4.78 is 5.39. The summed E-state index contributed by atoms with van der Waals surface area (Å²) in [6.07, 6.45) is 1.69. The van der Waals surface area contributed by atoms with Crippen LogP contribution >= 0.6 is 11.3 Å². The molecule has 2 unspecified atom stereocenters. The van der Waals surface area contributed by atoms with Crippen molar-refractivity contribution in [1.29, 1.82) is 5.26 Å². The predicted molar refractivity (Wildman–Crippen MR) is 102 cm³/mol. The molecule has 26 heavy (non-hydrogen) atoms. The molecule has 4 rings (SSSR count). The lowest BCUT2D eigenvalue weighted by atomic mass is 10.0. The van der Waals surface area contributed by atoms with Crippen molar-refractivity contribution in [3.05, 3.63) is 45.3 Å². The van der Waals surface area contributed by atoms with Gasteiger partial charge in [0.25, 0.3) is 0 Å². The van der Waals surface area contributed by atoms with E-state index in [1.807, 2.05) is 19.1 Å². The fourth-order valence-corrected chi connectivity index (χ4v) is 5.00. The van der Waals surface area contributed by atoms with Crippen LogP contribution in [0.15, 0.2) is 18.2 Å². The van der Waals surface area contributed by atoms with Crippen molar-refractivity contribution in [2.24, 2.45) is 5.92 Å². The molecular formula is C20H21N3O2S. The second-order valence-electron chi connectivity index (χ2n) is 6.86. The molecule has 0 bridgehead atoms. The lowest BCUT2D eigenvalue weighted by molar-refractivity contribution is -0.117. The topological polar surface area (TPSA) is 74.1 Å². The summed E-state index contributed by atoms with van der Waals surface area (Å²) in [4.78, 5) is 13.9. The van der Waals surface area contributed by atoms with E-state index in [1.165, 1.54) is 21.8 Å². The van der Waals surface area contributed by atoms with E-state index in [-0.39, 0.29) is 17.7 Å².